The van der Waals surface area contributed by atoms with Crippen LogP contribution < -0.4 is 10.6 Å². The fourth-order valence-electron chi connectivity index (χ4n) is 2.45. The highest BCUT2D eigenvalue weighted by atomic mass is 16.5. The van der Waals surface area contributed by atoms with Gasteiger partial charge in [-0.3, -0.25) is 9.78 Å². The van der Waals surface area contributed by atoms with Gasteiger partial charge in [0.1, 0.15) is 5.69 Å². The molecule has 2 N–H and O–H groups in total. The predicted molar refractivity (Wildman–Crippen MR) is 105 cm³/mol. The summed E-state index contributed by atoms with van der Waals surface area (Å²) in [5, 5.41) is 5.99. The summed E-state index contributed by atoms with van der Waals surface area (Å²) < 4.78 is 4.96. The monoisotopic (exact) mass is 376 g/mol. The van der Waals surface area contributed by atoms with Crippen molar-refractivity contribution >= 4 is 23.3 Å². The number of hydrogen-bond acceptors (Lipinski definition) is 6. The quantitative estimate of drug-likeness (QED) is 0.615. The fraction of sp³-hybridized carbons (Fsp3) is 0.143. The van der Waals surface area contributed by atoms with Gasteiger partial charge in [-0.15, -0.1) is 0 Å². The van der Waals surface area contributed by atoms with Crippen LogP contribution in [0.25, 0.3) is 0 Å². The third-order valence-corrected chi connectivity index (χ3v) is 3.88. The largest absolute Gasteiger partial charge is 0.462 e. The van der Waals surface area contributed by atoms with Crippen LogP contribution in [0.1, 0.15) is 33.3 Å². The van der Waals surface area contributed by atoms with E-state index in [4.69, 9.17) is 4.74 Å². The summed E-state index contributed by atoms with van der Waals surface area (Å²) in [4.78, 5) is 32.0. The summed E-state index contributed by atoms with van der Waals surface area (Å²) in [7, 11) is 0. The Balaban J connectivity index is 1.56. The highest BCUT2D eigenvalue weighted by Gasteiger charge is 2.08. The zero-order valence-corrected chi connectivity index (χ0v) is 15.4. The third kappa shape index (κ3) is 5.14. The molecule has 7 heteroatoms. The Morgan fingerprint density at radius 1 is 0.964 bits per heavy atom. The molecule has 1 amide bonds. The summed E-state index contributed by atoms with van der Waals surface area (Å²) in [5.41, 5.74) is 3.32. The maximum atomic E-state index is 12.2. The van der Waals surface area contributed by atoms with E-state index in [-0.39, 0.29) is 11.9 Å². The lowest BCUT2D eigenvalue weighted by Gasteiger charge is -2.08. The maximum Gasteiger partial charge on any atom is 0.338 e. The minimum atomic E-state index is -0.349. The van der Waals surface area contributed by atoms with E-state index in [1.807, 2.05) is 12.1 Å². The van der Waals surface area contributed by atoms with Gasteiger partial charge in [-0.25, -0.2) is 9.78 Å². The van der Waals surface area contributed by atoms with Crippen molar-refractivity contribution in [3.8, 4) is 0 Å². The van der Waals surface area contributed by atoms with Crippen molar-refractivity contribution < 1.29 is 14.3 Å². The first-order valence-electron chi connectivity index (χ1n) is 8.83. The average Bonchev–Trinajstić information content (AvgIpc) is 2.74. The standard InChI is InChI=1S/C21H20N4O3/c1-2-28-21(27)16-3-5-17(6-4-16)25-18-7-8-19(23-14-18)20(26)24-13-15-9-11-22-12-10-15/h3-12,14,25H,2,13H2,1H3,(H,24,26). The van der Waals surface area contributed by atoms with Crippen LogP contribution in [0.4, 0.5) is 11.4 Å². The van der Waals surface area contributed by atoms with Gasteiger partial charge in [0.2, 0.25) is 0 Å². The van der Waals surface area contributed by atoms with Crippen LogP contribution in [0.15, 0.2) is 67.1 Å². The van der Waals surface area contributed by atoms with Crippen molar-refractivity contribution in [2.45, 2.75) is 13.5 Å². The first-order valence-corrected chi connectivity index (χ1v) is 8.83. The number of aromatic nitrogens is 2. The lowest BCUT2D eigenvalue weighted by molar-refractivity contribution is 0.0526. The van der Waals surface area contributed by atoms with Gasteiger partial charge < -0.3 is 15.4 Å². The molecule has 0 aliphatic carbocycles. The number of amides is 1. The summed E-state index contributed by atoms with van der Waals surface area (Å²) in [6, 6.07) is 14.0. The van der Waals surface area contributed by atoms with Crippen molar-refractivity contribution in [3.05, 3.63) is 83.9 Å². The topological polar surface area (TPSA) is 93.2 Å². The lowest BCUT2D eigenvalue weighted by atomic mass is 10.2. The molecule has 0 spiro atoms. The van der Waals surface area contributed by atoms with Gasteiger partial charge in [-0.1, -0.05) is 0 Å². The molecule has 0 radical (unpaired) electrons. The van der Waals surface area contributed by atoms with E-state index in [0.717, 1.165) is 16.9 Å². The van der Waals surface area contributed by atoms with Crippen LogP contribution in [-0.4, -0.2) is 28.5 Å². The van der Waals surface area contributed by atoms with Gasteiger partial charge in [0.25, 0.3) is 5.91 Å². The van der Waals surface area contributed by atoms with Crippen molar-refractivity contribution in [2.24, 2.45) is 0 Å². The van der Waals surface area contributed by atoms with Crippen molar-refractivity contribution in [1.82, 2.24) is 15.3 Å². The Morgan fingerprint density at radius 2 is 1.68 bits per heavy atom. The molecule has 0 aliphatic rings. The number of pyridine rings is 2. The molecule has 2 heterocycles. The molecule has 142 valence electrons. The summed E-state index contributed by atoms with van der Waals surface area (Å²) in [5.74, 6) is -0.597. The summed E-state index contributed by atoms with van der Waals surface area (Å²) >= 11 is 0. The fourth-order valence-corrected chi connectivity index (χ4v) is 2.45. The number of benzene rings is 1. The van der Waals surface area contributed by atoms with Gasteiger partial charge in [-0.2, -0.15) is 0 Å². The Hall–Kier alpha value is -3.74. The number of carbonyl (C=O) groups is 2. The molecular formula is C21H20N4O3. The maximum absolute atomic E-state index is 12.2. The van der Waals surface area contributed by atoms with E-state index in [2.05, 4.69) is 20.6 Å². The Morgan fingerprint density at radius 3 is 2.32 bits per heavy atom. The van der Waals surface area contributed by atoms with E-state index in [1.54, 1.807) is 61.9 Å². The highest BCUT2D eigenvalue weighted by molar-refractivity contribution is 5.92. The number of hydrogen-bond donors (Lipinski definition) is 2. The number of esters is 1. The van der Waals surface area contributed by atoms with Crippen LogP contribution in [0.5, 0.6) is 0 Å². The van der Waals surface area contributed by atoms with Gasteiger partial charge in [-0.05, 0) is 61.0 Å². The van der Waals surface area contributed by atoms with Crippen molar-refractivity contribution in [2.75, 3.05) is 11.9 Å². The molecular weight excluding hydrogens is 356 g/mol. The molecule has 3 aromatic rings. The van der Waals surface area contributed by atoms with Crippen LogP contribution in [0.3, 0.4) is 0 Å². The van der Waals surface area contributed by atoms with Gasteiger partial charge >= 0.3 is 5.97 Å². The zero-order valence-electron chi connectivity index (χ0n) is 15.4. The van der Waals surface area contributed by atoms with Crippen LogP contribution in [0, 0.1) is 0 Å². The Kier molecular flexibility index (Phi) is 6.30. The second-order valence-electron chi connectivity index (χ2n) is 5.89. The Bertz CT molecular complexity index is 926. The zero-order chi connectivity index (χ0) is 19.8. The third-order valence-electron chi connectivity index (χ3n) is 3.88. The minimum Gasteiger partial charge on any atom is -0.462 e. The Labute approximate surface area is 162 Å². The number of carbonyl (C=O) groups excluding carboxylic acids is 2. The predicted octanol–water partition coefficient (Wildman–Crippen LogP) is 3.33. The molecule has 0 atom stereocenters. The van der Waals surface area contributed by atoms with Crippen LogP contribution >= 0.6 is 0 Å². The van der Waals surface area contributed by atoms with E-state index >= 15 is 0 Å². The second kappa shape index (κ2) is 9.27. The van der Waals surface area contributed by atoms with E-state index in [1.165, 1.54) is 0 Å². The summed E-state index contributed by atoms with van der Waals surface area (Å²) in [6.07, 6.45) is 4.94. The molecule has 1 aromatic carbocycles. The first kappa shape index (κ1) is 19.0. The van der Waals surface area contributed by atoms with Crippen LogP contribution in [0.2, 0.25) is 0 Å². The SMILES string of the molecule is CCOC(=O)c1ccc(Nc2ccc(C(=O)NCc3ccncc3)nc2)cc1. The molecule has 7 nitrogen and oxygen atoms in total. The number of ether oxygens (including phenoxy) is 1. The van der Waals surface area contributed by atoms with E-state index < -0.39 is 0 Å². The number of anilines is 2. The average molecular weight is 376 g/mol. The van der Waals surface area contributed by atoms with E-state index in [9.17, 15) is 9.59 Å². The molecule has 0 saturated carbocycles. The van der Waals surface area contributed by atoms with Gasteiger partial charge in [0.15, 0.2) is 0 Å². The van der Waals surface area contributed by atoms with Crippen molar-refractivity contribution in [3.63, 3.8) is 0 Å². The summed E-state index contributed by atoms with van der Waals surface area (Å²) in [6.45, 7) is 2.52. The number of rotatable bonds is 7. The number of nitrogens with zero attached hydrogens (tertiary/aromatic N) is 2. The molecule has 0 fully saturated rings. The highest BCUT2D eigenvalue weighted by Crippen LogP contribution is 2.17. The second-order valence-corrected chi connectivity index (χ2v) is 5.89. The molecule has 0 bridgehead atoms. The molecule has 0 aliphatic heterocycles. The molecule has 0 saturated heterocycles. The van der Waals surface area contributed by atoms with Gasteiger partial charge in [0.05, 0.1) is 24.1 Å². The first-order chi connectivity index (χ1) is 13.7. The molecule has 0 unspecified atom stereocenters. The normalized spacial score (nSPS) is 10.2. The molecule has 3 rings (SSSR count). The smallest absolute Gasteiger partial charge is 0.338 e. The van der Waals surface area contributed by atoms with Gasteiger partial charge in [0, 0.05) is 24.6 Å². The van der Waals surface area contributed by atoms with E-state index in [0.29, 0.717) is 24.4 Å². The molecule has 28 heavy (non-hydrogen) atoms. The number of nitrogens with one attached hydrogen (secondary N) is 2. The molecule has 2 aromatic heterocycles. The van der Waals surface area contributed by atoms with Crippen molar-refractivity contribution in [1.29, 1.82) is 0 Å². The minimum absolute atomic E-state index is 0.248. The van der Waals surface area contributed by atoms with Crippen LogP contribution in [-0.2, 0) is 11.3 Å². The lowest BCUT2D eigenvalue weighted by Crippen LogP contribution is -2.23.